The van der Waals surface area contributed by atoms with Crippen LogP contribution in [0, 0.1) is 19.8 Å². The molecular weight excluding hydrogens is 298 g/mol. The summed E-state index contributed by atoms with van der Waals surface area (Å²) in [7, 11) is 0. The minimum Gasteiger partial charge on any atom is -0.480 e. The molecule has 1 aromatic carbocycles. The first-order valence-electron chi connectivity index (χ1n) is 7.53. The van der Waals surface area contributed by atoms with E-state index < -0.39 is 12.0 Å². The van der Waals surface area contributed by atoms with Crippen LogP contribution in [0.5, 0.6) is 0 Å². The summed E-state index contributed by atoms with van der Waals surface area (Å²) in [6, 6.07) is 5.54. The smallest absolute Gasteiger partial charge is 0.326 e. The zero-order chi connectivity index (χ0) is 16.7. The second-order valence-corrected chi connectivity index (χ2v) is 6.99. The van der Waals surface area contributed by atoms with Gasteiger partial charge in [-0.3, -0.25) is 4.79 Å². The summed E-state index contributed by atoms with van der Waals surface area (Å²) in [4.78, 5) is 24.1. The second kappa shape index (κ2) is 8.83. The molecule has 1 amide bonds. The number of hydrogen-bond acceptors (Lipinski definition) is 3. The number of carbonyl (C=O) groups is 2. The van der Waals surface area contributed by atoms with E-state index in [1.54, 1.807) is 25.6 Å². The van der Waals surface area contributed by atoms with Crippen LogP contribution < -0.4 is 5.32 Å². The van der Waals surface area contributed by atoms with Gasteiger partial charge in [-0.1, -0.05) is 31.5 Å². The van der Waals surface area contributed by atoms with Gasteiger partial charge in [0.05, 0.1) is 0 Å². The second-order valence-electron chi connectivity index (χ2n) is 5.85. The SMILES string of the molecule is Cc1ccc(C)c(SCCCC(=O)NC(C(=O)O)C(C)C)c1. The molecule has 0 bridgehead atoms. The van der Waals surface area contributed by atoms with Gasteiger partial charge in [-0.15, -0.1) is 11.8 Å². The topological polar surface area (TPSA) is 66.4 Å². The van der Waals surface area contributed by atoms with Gasteiger partial charge >= 0.3 is 5.97 Å². The van der Waals surface area contributed by atoms with E-state index in [4.69, 9.17) is 5.11 Å². The van der Waals surface area contributed by atoms with Gasteiger partial charge in [0.2, 0.25) is 5.91 Å². The van der Waals surface area contributed by atoms with Crippen molar-refractivity contribution in [2.45, 2.75) is 51.5 Å². The maximum absolute atomic E-state index is 11.8. The molecule has 4 nitrogen and oxygen atoms in total. The number of amides is 1. The van der Waals surface area contributed by atoms with Crippen molar-refractivity contribution in [1.82, 2.24) is 5.32 Å². The molecule has 1 rings (SSSR count). The van der Waals surface area contributed by atoms with Gasteiger partial charge in [0.1, 0.15) is 6.04 Å². The Morgan fingerprint density at radius 1 is 1.27 bits per heavy atom. The average Bonchev–Trinajstić information content (AvgIpc) is 2.43. The fourth-order valence-electron chi connectivity index (χ4n) is 2.04. The zero-order valence-corrected chi connectivity index (χ0v) is 14.5. The van der Waals surface area contributed by atoms with Crippen molar-refractivity contribution in [3.63, 3.8) is 0 Å². The third kappa shape index (κ3) is 6.10. The number of carboxylic acid groups (broad SMARTS) is 1. The lowest BCUT2D eigenvalue weighted by Crippen LogP contribution is -2.44. The standard InChI is InChI=1S/C17H25NO3S/c1-11(2)16(17(20)21)18-15(19)6-5-9-22-14-10-12(3)7-8-13(14)4/h7-8,10-11,16H,5-6,9H2,1-4H3,(H,18,19)(H,20,21). The van der Waals surface area contributed by atoms with Crippen molar-refractivity contribution >= 4 is 23.6 Å². The van der Waals surface area contributed by atoms with E-state index in [1.165, 1.54) is 16.0 Å². The molecular formula is C17H25NO3S. The van der Waals surface area contributed by atoms with Gasteiger partial charge in [0.25, 0.3) is 0 Å². The molecule has 0 heterocycles. The lowest BCUT2D eigenvalue weighted by Gasteiger charge is -2.17. The third-order valence-corrected chi connectivity index (χ3v) is 4.64. The number of hydrogen-bond donors (Lipinski definition) is 2. The summed E-state index contributed by atoms with van der Waals surface area (Å²) >= 11 is 1.74. The highest BCUT2D eigenvalue weighted by molar-refractivity contribution is 7.99. The van der Waals surface area contributed by atoms with E-state index >= 15 is 0 Å². The van der Waals surface area contributed by atoms with E-state index in [2.05, 4.69) is 37.4 Å². The molecule has 0 fully saturated rings. The van der Waals surface area contributed by atoms with E-state index in [1.807, 2.05) is 0 Å². The molecule has 1 atom stereocenters. The number of benzene rings is 1. The van der Waals surface area contributed by atoms with Gasteiger partial charge in [-0.2, -0.15) is 0 Å². The van der Waals surface area contributed by atoms with Gasteiger partial charge in [-0.05, 0) is 43.6 Å². The summed E-state index contributed by atoms with van der Waals surface area (Å²) in [6.45, 7) is 7.72. The van der Waals surface area contributed by atoms with E-state index in [0.29, 0.717) is 6.42 Å². The van der Waals surface area contributed by atoms with Gasteiger partial charge in [0, 0.05) is 11.3 Å². The first kappa shape index (κ1) is 18.6. The van der Waals surface area contributed by atoms with E-state index in [-0.39, 0.29) is 11.8 Å². The highest BCUT2D eigenvalue weighted by atomic mass is 32.2. The highest BCUT2D eigenvalue weighted by Crippen LogP contribution is 2.24. The molecule has 0 saturated carbocycles. The Morgan fingerprint density at radius 3 is 2.55 bits per heavy atom. The van der Waals surface area contributed by atoms with Crippen molar-refractivity contribution in [1.29, 1.82) is 0 Å². The number of rotatable bonds is 8. The molecule has 0 radical (unpaired) electrons. The third-order valence-electron chi connectivity index (χ3n) is 3.40. The Hall–Kier alpha value is -1.49. The lowest BCUT2D eigenvalue weighted by atomic mass is 10.0. The largest absolute Gasteiger partial charge is 0.480 e. The Labute approximate surface area is 136 Å². The molecule has 122 valence electrons. The molecule has 0 saturated heterocycles. The van der Waals surface area contributed by atoms with Gasteiger partial charge in [-0.25, -0.2) is 4.79 Å². The van der Waals surface area contributed by atoms with E-state index in [9.17, 15) is 9.59 Å². The number of aliphatic carboxylic acids is 1. The maximum atomic E-state index is 11.8. The van der Waals surface area contributed by atoms with Crippen molar-refractivity contribution in [2.24, 2.45) is 5.92 Å². The van der Waals surface area contributed by atoms with Crippen molar-refractivity contribution < 1.29 is 14.7 Å². The molecule has 5 heteroatoms. The van der Waals surface area contributed by atoms with E-state index in [0.717, 1.165) is 12.2 Å². The molecule has 0 aliphatic heterocycles. The monoisotopic (exact) mass is 323 g/mol. The minimum atomic E-state index is -0.979. The summed E-state index contributed by atoms with van der Waals surface area (Å²) in [5.74, 6) is -0.446. The summed E-state index contributed by atoms with van der Waals surface area (Å²) in [5, 5.41) is 11.6. The molecule has 0 aliphatic rings. The van der Waals surface area contributed by atoms with Crippen LogP contribution in [0.3, 0.4) is 0 Å². The van der Waals surface area contributed by atoms with Crippen LogP contribution in [0.25, 0.3) is 0 Å². The number of carbonyl (C=O) groups excluding carboxylic acids is 1. The lowest BCUT2D eigenvalue weighted by molar-refractivity contribution is -0.143. The molecule has 2 N–H and O–H groups in total. The number of nitrogens with one attached hydrogen (secondary N) is 1. The number of carboxylic acids is 1. The number of thioether (sulfide) groups is 1. The molecule has 0 aromatic heterocycles. The fourth-order valence-corrected chi connectivity index (χ4v) is 3.11. The molecule has 0 aliphatic carbocycles. The quantitative estimate of drug-likeness (QED) is 0.568. The Balaban J connectivity index is 2.36. The van der Waals surface area contributed by atoms with Gasteiger partial charge in [0.15, 0.2) is 0 Å². The predicted octanol–water partition coefficient (Wildman–Crippen LogP) is 3.40. The fraction of sp³-hybridized carbons (Fsp3) is 0.529. The predicted molar refractivity (Wildman–Crippen MR) is 90.3 cm³/mol. The van der Waals surface area contributed by atoms with Crippen LogP contribution in [0.15, 0.2) is 23.1 Å². The van der Waals surface area contributed by atoms with Crippen molar-refractivity contribution in [2.75, 3.05) is 5.75 Å². The first-order chi connectivity index (χ1) is 10.3. The van der Waals surface area contributed by atoms with Crippen LogP contribution in [-0.4, -0.2) is 28.8 Å². The molecule has 0 spiro atoms. The highest BCUT2D eigenvalue weighted by Gasteiger charge is 2.22. The average molecular weight is 323 g/mol. The van der Waals surface area contributed by atoms with Crippen LogP contribution >= 0.6 is 11.8 Å². The van der Waals surface area contributed by atoms with Gasteiger partial charge < -0.3 is 10.4 Å². The Morgan fingerprint density at radius 2 is 1.95 bits per heavy atom. The van der Waals surface area contributed by atoms with Crippen LogP contribution in [0.4, 0.5) is 0 Å². The number of aryl methyl sites for hydroxylation is 2. The molecule has 1 aromatic rings. The first-order valence-corrected chi connectivity index (χ1v) is 8.52. The Bertz CT molecular complexity index is 529. The van der Waals surface area contributed by atoms with Crippen LogP contribution in [0.1, 0.15) is 37.8 Å². The summed E-state index contributed by atoms with van der Waals surface area (Å²) in [5.41, 5.74) is 2.47. The summed E-state index contributed by atoms with van der Waals surface area (Å²) < 4.78 is 0. The summed E-state index contributed by atoms with van der Waals surface area (Å²) in [6.07, 6.45) is 1.09. The van der Waals surface area contributed by atoms with Crippen LogP contribution in [-0.2, 0) is 9.59 Å². The van der Waals surface area contributed by atoms with Crippen molar-refractivity contribution in [3.05, 3.63) is 29.3 Å². The Kier molecular flexibility index (Phi) is 7.45. The molecule has 1 unspecified atom stereocenters. The van der Waals surface area contributed by atoms with Crippen LogP contribution in [0.2, 0.25) is 0 Å². The zero-order valence-electron chi connectivity index (χ0n) is 13.7. The minimum absolute atomic E-state index is 0.120. The maximum Gasteiger partial charge on any atom is 0.326 e. The molecule has 22 heavy (non-hydrogen) atoms. The van der Waals surface area contributed by atoms with Crippen molar-refractivity contribution in [3.8, 4) is 0 Å². The normalized spacial score (nSPS) is 12.2.